The van der Waals surface area contributed by atoms with Crippen LogP contribution in [0.4, 0.5) is 4.79 Å². The highest BCUT2D eigenvalue weighted by Crippen LogP contribution is 2.24. The third-order valence-electron chi connectivity index (χ3n) is 5.41. The van der Waals surface area contributed by atoms with Gasteiger partial charge in [-0.3, -0.25) is 4.79 Å². The summed E-state index contributed by atoms with van der Waals surface area (Å²) in [7, 11) is 1.85. The fraction of sp³-hybridized carbons (Fsp3) is 0.429. The van der Waals surface area contributed by atoms with Gasteiger partial charge in [-0.25, -0.2) is 4.79 Å². The summed E-state index contributed by atoms with van der Waals surface area (Å²) in [6.45, 7) is 5.06. The molecule has 1 aliphatic heterocycles. The fourth-order valence-electron chi connectivity index (χ4n) is 3.73. The smallest absolute Gasteiger partial charge is 0.317 e. The number of nitrogens with one attached hydrogen (secondary N) is 1. The average Bonchev–Trinajstić information content (AvgIpc) is 2.66. The van der Waals surface area contributed by atoms with Gasteiger partial charge in [-0.2, -0.15) is 0 Å². The van der Waals surface area contributed by atoms with Gasteiger partial charge in [0.05, 0.1) is 6.04 Å². The number of likely N-dealkylation sites (tertiary alicyclic amines) is 1. The van der Waals surface area contributed by atoms with E-state index < -0.39 is 0 Å². The fourth-order valence-corrected chi connectivity index (χ4v) is 3.73. The lowest BCUT2D eigenvalue weighted by molar-refractivity contribution is -0.130. The van der Waals surface area contributed by atoms with E-state index in [1.807, 2.05) is 37.1 Å². The van der Waals surface area contributed by atoms with Crippen molar-refractivity contribution in [1.29, 1.82) is 0 Å². The first-order chi connectivity index (χ1) is 12.5. The number of amides is 3. The highest BCUT2D eigenvalue weighted by atomic mass is 16.2. The minimum absolute atomic E-state index is 0.0632. The summed E-state index contributed by atoms with van der Waals surface area (Å²) in [4.78, 5) is 27.8. The molecule has 5 nitrogen and oxygen atoms in total. The SMILES string of the molecule is CC(=O)N1CCC(N(C)C(=O)NC(C)c2cccc3ccccc23)CC1. The molecular weight excluding hydrogens is 326 g/mol. The Balaban J connectivity index is 1.64. The Bertz CT molecular complexity index is 791. The summed E-state index contributed by atoms with van der Waals surface area (Å²) in [5.74, 6) is 0.111. The highest BCUT2D eigenvalue weighted by Gasteiger charge is 2.27. The van der Waals surface area contributed by atoms with Gasteiger partial charge in [0.2, 0.25) is 5.91 Å². The van der Waals surface area contributed by atoms with Crippen molar-refractivity contribution in [3.05, 3.63) is 48.0 Å². The Morgan fingerprint density at radius 2 is 1.77 bits per heavy atom. The molecule has 0 bridgehead atoms. The molecule has 1 aliphatic rings. The van der Waals surface area contributed by atoms with Crippen molar-refractivity contribution in [3.8, 4) is 0 Å². The van der Waals surface area contributed by atoms with E-state index >= 15 is 0 Å². The standard InChI is InChI=1S/C21H27N3O2/c1-15(19-10-6-8-17-7-4-5-9-20(17)19)22-21(26)23(3)18-11-13-24(14-12-18)16(2)25/h4-10,15,18H,11-14H2,1-3H3,(H,22,26). The third kappa shape index (κ3) is 3.82. The number of urea groups is 1. The van der Waals surface area contributed by atoms with Gasteiger partial charge in [-0.1, -0.05) is 42.5 Å². The lowest BCUT2D eigenvalue weighted by Crippen LogP contribution is -2.49. The normalized spacial score (nSPS) is 16.3. The molecule has 0 saturated carbocycles. The van der Waals surface area contributed by atoms with E-state index in [4.69, 9.17) is 0 Å². The van der Waals surface area contributed by atoms with Crippen LogP contribution in [0.3, 0.4) is 0 Å². The molecule has 0 radical (unpaired) electrons. The van der Waals surface area contributed by atoms with Crippen molar-refractivity contribution >= 4 is 22.7 Å². The molecule has 3 rings (SSSR count). The molecule has 3 amide bonds. The molecule has 26 heavy (non-hydrogen) atoms. The number of carbonyl (C=O) groups excluding carboxylic acids is 2. The zero-order valence-electron chi connectivity index (χ0n) is 15.7. The molecule has 0 spiro atoms. The largest absolute Gasteiger partial charge is 0.343 e. The predicted molar refractivity (Wildman–Crippen MR) is 104 cm³/mol. The van der Waals surface area contributed by atoms with Crippen molar-refractivity contribution in [2.24, 2.45) is 0 Å². The number of benzene rings is 2. The van der Waals surface area contributed by atoms with E-state index in [0.717, 1.165) is 31.5 Å². The minimum atomic E-state index is -0.0756. The van der Waals surface area contributed by atoms with Crippen molar-refractivity contribution < 1.29 is 9.59 Å². The molecule has 5 heteroatoms. The second-order valence-electron chi connectivity index (χ2n) is 7.09. The number of carbonyl (C=O) groups is 2. The first kappa shape index (κ1) is 18.2. The maximum atomic E-state index is 12.7. The van der Waals surface area contributed by atoms with Crippen LogP contribution in [0.2, 0.25) is 0 Å². The minimum Gasteiger partial charge on any atom is -0.343 e. The number of hydrogen-bond donors (Lipinski definition) is 1. The van der Waals surface area contributed by atoms with Crippen LogP contribution in [0.1, 0.15) is 38.3 Å². The van der Waals surface area contributed by atoms with Gasteiger partial charge in [0, 0.05) is 33.1 Å². The lowest BCUT2D eigenvalue weighted by Gasteiger charge is -2.36. The van der Waals surface area contributed by atoms with Crippen LogP contribution in [0.25, 0.3) is 10.8 Å². The van der Waals surface area contributed by atoms with Crippen LogP contribution in [-0.2, 0) is 4.79 Å². The molecule has 2 aromatic rings. The number of rotatable bonds is 3. The van der Waals surface area contributed by atoms with Gasteiger partial charge in [0.1, 0.15) is 0 Å². The zero-order valence-corrected chi connectivity index (χ0v) is 15.7. The van der Waals surface area contributed by atoms with Crippen molar-refractivity contribution in [3.63, 3.8) is 0 Å². The Hall–Kier alpha value is -2.56. The Labute approximate surface area is 155 Å². The van der Waals surface area contributed by atoms with Gasteiger partial charge in [-0.15, -0.1) is 0 Å². The molecule has 1 atom stereocenters. The van der Waals surface area contributed by atoms with Gasteiger partial charge < -0.3 is 15.1 Å². The first-order valence-corrected chi connectivity index (χ1v) is 9.24. The van der Waals surface area contributed by atoms with E-state index in [2.05, 4.69) is 29.6 Å². The van der Waals surface area contributed by atoms with Crippen LogP contribution in [0.5, 0.6) is 0 Å². The number of nitrogens with zero attached hydrogens (tertiary/aromatic N) is 2. The van der Waals surface area contributed by atoms with E-state index in [1.54, 1.807) is 11.8 Å². The quantitative estimate of drug-likeness (QED) is 0.917. The molecule has 2 aromatic carbocycles. The van der Waals surface area contributed by atoms with Gasteiger partial charge in [-0.05, 0) is 36.1 Å². The summed E-state index contributed by atoms with van der Waals surface area (Å²) in [5.41, 5.74) is 1.12. The van der Waals surface area contributed by atoms with Crippen molar-refractivity contribution in [2.45, 2.75) is 38.8 Å². The molecular formula is C21H27N3O2. The number of piperidine rings is 1. The van der Waals surface area contributed by atoms with Crippen LogP contribution < -0.4 is 5.32 Å². The molecule has 1 unspecified atom stereocenters. The van der Waals surface area contributed by atoms with Crippen LogP contribution in [0, 0.1) is 0 Å². The molecule has 0 aromatic heterocycles. The molecule has 0 aliphatic carbocycles. The Kier molecular flexibility index (Phi) is 5.45. The summed E-state index contributed by atoms with van der Waals surface area (Å²) >= 11 is 0. The summed E-state index contributed by atoms with van der Waals surface area (Å²) in [6.07, 6.45) is 1.65. The molecule has 1 saturated heterocycles. The predicted octanol–water partition coefficient (Wildman–Crippen LogP) is 3.55. The van der Waals surface area contributed by atoms with Crippen LogP contribution >= 0.6 is 0 Å². The maximum absolute atomic E-state index is 12.7. The van der Waals surface area contributed by atoms with E-state index in [0.29, 0.717) is 0 Å². The monoisotopic (exact) mass is 353 g/mol. The van der Waals surface area contributed by atoms with Gasteiger partial charge >= 0.3 is 6.03 Å². The average molecular weight is 353 g/mol. The third-order valence-corrected chi connectivity index (χ3v) is 5.41. The second kappa shape index (κ2) is 7.77. The van der Waals surface area contributed by atoms with E-state index in [9.17, 15) is 9.59 Å². The number of fused-ring (bicyclic) bond motifs is 1. The first-order valence-electron chi connectivity index (χ1n) is 9.24. The summed E-state index contributed by atoms with van der Waals surface area (Å²) < 4.78 is 0. The van der Waals surface area contributed by atoms with Crippen molar-refractivity contribution in [1.82, 2.24) is 15.1 Å². The molecule has 1 N–H and O–H groups in total. The highest BCUT2D eigenvalue weighted by molar-refractivity contribution is 5.86. The Morgan fingerprint density at radius 3 is 2.46 bits per heavy atom. The Morgan fingerprint density at radius 1 is 1.12 bits per heavy atom. The summed E-state index contributed by atoms with van der Waals surface area (Å²) in [5, 5.41) is 5.47. The van der Waals surface area contributed by atoms with Crippen molar-refractivity contribution in [2.75, 3.05) is 20.1 Å². The maximum Gasteiger partial charge on any atom is 0.317 e. The van der Waals surface area contributed by atoms with E-state index in [-0.39, 0.29) is 24.0 Å². The van der Waals surface area contributed by atoms with Gasteiger partial charge in [0.25, 0.3) is 0 Å². The number of hydrogen-bond acceptors (Lipinski definition) is 2. The van der Waals surface area contributed by atoms with E-state index in [1.165, 1.54) is 10.8 Å². The lowest BCUT2D eigenvalue weighted by atomic mass is 9.99. The second-order valence-corrected chi connectivity index (χ2v) is 7.09. The molecule has 1 heterocycles. The molecule has 1 fully saturated rings. The zero-order chi connectivity index (χ0) is 18.7. The molecule has 138 valence electrons. The topological polar surface area (TPSA) is 52.7 Å². The summed E-state index contributed by atoms with van der Waals surface area (Å²) in [6, 6.07) is 14.4. The van der Waals surface area contributed by atoms with Crippen LogP contribution in [0.15, 0.2) is 42.5 Å². The van der Waals surface area contributed by atoms with Gasteiger partial charge in [0.15, 0.2) is 0 Å². The van der Waals surface area contributed by atoms with Crippen LogP contribution in [-0.4, -0.2) is 47.9 Å².